The number of pyridine rings is 1. The summed E-state index contributed by atoms with van der Waals surface area (Å²) < 4.78 is 32.0. The molecule has 8 heteroatoms. The third-order valence-corrected chi connectivity index (χ3v) is 5.40. The largest absolute Gasteiger partial charge is 0.432 e. The van der Waals surface area contributed by atoms with E-state index in [-0.39, 0.29) is 12.8 Å². The molecule has 6 nitrogen and oxygen atoms in total. The molecule has 2 aromatic rings. The van der Waals surface area contributed by atoms with Gasteiger partial charge in [-0.2, -0.15) is 0 Å². The van der Waals surface area contributed by atoms with Crippen LogP contribution in [0, 0.1) is 0 Å². The first-order valence-corrected chi connectivity index (χ1v) is 9.27. The van der Waals surface area contributed by atoms with Crippen molar-refractivity contribution in [1.29, 1.82) is 0 Å². The highest BCUT2D eigenvalue weighted by atomic mass is 19.3. The highest BCUT2D eigenvalue weighted by molar-refractivity contribution is 6.08. The summed E-state index contributed by atoms with van der Waals surface area (Å²) in [5, 5.41) is 0. The molecule has 29 heavy (non-hydrogen) atoms. The summed E-state index contributed by atoms with van der Waals surface area (Å²) in [5.41, 5.74) is 0.324. The average molecular weight is 400 g/mol. The molecule has 0 radical (unpaired) electrons. The first-order chi connectivity index (χ1) is 13.8. The molecule has 2 heterocycles. The molecular formula is C21H18F2N2O4. The van der Waals surface area contributed by atoms with Gasteiger partial charge < -0.3 is 4.74 Å². The van der Waals surface area contributed by atoms with Crippen LogP contribution in [0.5, 0.6) is 0 Å². The molecule has 1 saturated heterocycles. The average Bonchev–Trinajstić information content (AvgIpc) is 2.95. The van der Waals surface area contributed by atoms with Crippen LogP contribution in [0.3, 0.4) is 0 Å². The number of hydrogen-bond acceptors (Lipinski definition) is 5. The maximum Gasteiger partial charge on any atom is 0.418 e. The standard InChI is InChI=1S/C21H18F2N2O4/c22-21(23)10-8-20(9-11-21)18(27)25(19(28)29-20)13-17(26)15-6-4-14(5-7-15)16-3-1-2-12-24-16/h1-7,12H,8-11,13H2. The number of imide groups is 1. The van der Waals surface area contributed by atoms with Gasteiger partial charge in [0.1, 0.15) is 0 Å². The molecule has 0 atom stereocenters. The lowest BCUT2D eigenvalue weighted by atomic mass is 9.82. The van der Waals surface area contributed by atoms with Crippen LogP contribution >= 0.6 is 0 Å². The lowest BCUT2D eigenvalue weighted by molar-refractivity contribution is -0.146. The SMILES string of the molecule is O=C(CN1C(=O)OC2(CCC(F)(F)CC2)C1=O)c1ccc(-c2ccccn2)cc1. The Morgan fingerprint density at radius 1 is 1.03 bits per heavy atom. The number of amides is 2. The molecule has 2 fully saturated rings. The molecule has 1 aliphatic carbocycles. The van der Waals surface area contributed by atoms with Crippen LogP contribution in [0.15, 0.2) is 48.7 Å². The number of ketones is 1. The van der Waals surface area contributed by atoms with Crippen molar-refractivity contribution in [2.45, 2.75) is 37.2 Å². The second-order valence-electron chi connectivity index (χ2n) is 7.33. The van der Waals surface area contributed by atoms with Crippen LogP contribution in [-0.4, -0.2) is 45.7 Å². The van der Waals surface area contributed by atoms with Crippen LogP contribution in [0.25, 0.3) is 11.3 Å². The second-order valence-corrected chi connectivity index (χ2v) is 7.33. The number of carbonyl (C=O) groups is 3. The number of rotatable bonds is 4. The van der Waals surface area contributed by atoms with E-state index in [1.54, 1.807) is 36.5 Å². The third kappa shape index (κ3) is 3.62. The normalized spacial score (nSPS) is 20.0. The monoisotopic (exact) mass is 400 g/mol. The zero-order chi connectivity index (χ0) is 20.6. The van der Waals surface area contributed by atoms with Gasteiger partial charge in [0.25, 0.3) is 5.91 Å². The van der Waals surface area contributed by atoms with Crippen LogP contribution < -0.4 is 0 Å². The first kappa shape index (κ1) is 19.2. The summed E-state index contributed by atoms with van der Waals surface area (Å²) in [5.74, 6) is -4.02. The van der Waals surface area contributed by atoms with Crippen LogP contribution in [0.1, 0.15) is 36.0 Å². The summed E-state index contributed by atoms with van der Waals surface area (Å²) in [6.45, 7) is -0.487. The second kappa shape index (κ2) is 7.02. The topological polar surface area (TPSA) is 76.6 Å². The van der Waals surface area contributed by atoms with Crippen molar-refractivity contribution in [3.63, 3.8) is 0 Å². The Balaban J connectivity index is 1.46. The molecule has 2 amide bonds. The smallest absolute Gasteiger partial charge is 0.418 e. The number of alkyl halides is 2. The fourth-order valence-corrected chi connectivity index (χ4v) is 3.66. The predicted octanol–water partition coefficient (Wildman–Crippen LogP) is 3.86. The number of hydrogen-bond donors (Lipinski definition) is 0. The Labute approximate surface area is 165 Å². The van der Waals surface area contributed by atoms with Gasteiger partial charge in [-0.15, -0.1) is 0 Å². The highest BCUT2D eigenvalue weighted by Crippen LogP contribution is 2.44. The van der Waals surface area contributed by atoms with E-state index >= 15 is 0 Å². The first-order valence-electron chi connectivity index (χ1n) is 9.27. The highest BCUT2D eigenvalue weighted by Gasteiger charge is 2.58. The minimum atomic E-state index is -2.86. The number of halogens is 2. The predicted molar refractivity (Wildman–Crippen MR) is 98.3 cm³/mol. The molecule has 150 valence electrons. The van der Waals surface area contributed by atoms with E-state index < -0.39 is 48.7 Å². The molecule has 2 aliphatic rings. The van der Waals surface area contributed by atoms with Gasteiger partial charge in [-0.3, -0.25) is 14.6 Å². The molecule has 1 aliphatic heterocycles. The number of carbonyl (C=O) groups excluding carboxylic acids is 3. The van der Waals surface area contributed by atoms with Gasteiger partial charge in [-0.25, -0.2) is 18.5 Å². The van der Waals surface area contributed by atoms with Crippen molar-refractivity contribution in [1.82, 2.24) is 9.88 Å². The molecule has 1 saturated carbocycles. The van der Waals surface area contributed by atoms with Gasteiger partial charge in [0.15, 0.2) is 11.4 Å². The summed E-state index contributed by atoms with van der Waals surface area (Å²) in [4.78, 5) is 42.4. The molecule has 1 spiro atoms. The van der Waals surface area contributed by atoms with Crippen LogP contribution in [0.2, 0.25) is 0 Å². The van der Waals surface area contributed by atoms with Crippen molar-refractivity contribution < 1.29 is 27.9 Å². The summed E-state index contributed by atoms with van der Waals surface area (Å²) in [6.07, 6.45) is -0.831. The van der Waals surface area contributed by atoms with Crippen molar-refractivity contribution >= 4 is 17.8 Å². The molecule has 1 aromatic heterocycles. The summed E-state index contributed by atoms with van der Waals surface area (Å²) in [6, 6.07) is 12.1. The van der Waals surface area contributed by atoms with Gasteiger partial charge in [0.05, 0.1) is 12.2 Å². The third-order valence-electron chi connectivity index (χ3n) is 5.40. The van der Waals surface area contributed by atoms with Crippen LogP contribution in [-0.2, 0) is 9.53 Å². The fraction of sp³-hybridized carbons (Fsp3) is 0.333. The number of benzene rings is 1. The van der Waals surface area contributed by atoms with Gasteiger partial charge >= 0.3 is 6.09 Å². The minimum Gasteiger partial charge on any atom is -0.432 e. The Kier molecular flexibility index (Phi) is 4.64. The Morgan fingerprint density at radius 3 is 2.34 bits per heavy atom. The zero-order valence-corrected chi connectivity index (χ0v) is 15.4. The van der Waals surface area contributed by atoms with E-state index in [1.165, 1.54) is 0 Å². The zero-order valence-electron chi connectivity index (χ0n) is 15.4. The Morgan fingerprint density at radius 2 is 1.72 bits per heavy atom. The number of Topliss-reactive ketones (excluding diaryl/α,β-unsaturated/α-hetero) is 1. The molecule has 0 unspecified atom stereocenters. The Hall–Kier alpha value is -3.16. The maximum atomic E-state index is 13.4. The van der Waals surface area contributed by atoms with E-state index in [4.69, 9.17) is 4.74 Å². The molecular weight excluding hydrogens is 382 g/mol. The molecule has 0 N–H and O–H groups in total. The van der Waals surface area contributed by atoms with Gasteiger partial charge in [0.2, 0.25) is 5.92 Å². The Bertz CT molecular complexity index is 950. The lowest BCUT2D eigenvalue weighted by Gasteiger charge is -2.33. The quantitative estimate of drug-likeness (QED) is 0.729. The summed E-state index contributed by atoms with van der Waals surface area (Å²) >= 11 is 0. The number of ether oxygens (including phenoxy) is 1. The number of nitrogens with zero attached hydrogens (tertiary/aromatic N) is 2. The fourth-order valence-electron chi connectivity index (χ4n) is 3.66. The van der Waals surface area contributed by atoms with Crippen LogP contribution in [0.4, 0.5) is 13.6 Å². The molecule has 1 aromatic carbocycles. The van der Waals surface area contributed by atoms with E-state index in [0.717, 1.165) is 16.2 Å². The van der Waals surface area contributed by atoms with Gasteiger partial charge in [0, 0.05) is 43.0 Å². The van der Waals surface area contributed by atoms with Crippen molar-refractivity contribution in [2.24, 2.45) is 0 Å². The van der Waals surface area contributed by atoms with Gasteiger partial charge in [-0.1, -0.05) is 30.3 Å². The molecule has 4 rings (SSSR count). The maximum absolute atomic E-state index is 13.4. The minimum absolute atomic E-state index is 0.242. The molecule has 0 bridgehead atoms. The van der Waals surface area contributed by atoms with E-state index in [0.29, 0.717) is 5.56 Å². The number of aromatic nitrogens is 1. The van der Waals surface area contributed by atoms with E-state index in [9.17, 15) is 23.2 Å². The van der Waals surface area contributed by atoms with Crippen molar-refractivity contribution in [3.8, 4) is 11.3 Å². The van der Waals surface area contributed by atoms with Crippen molar-refractivity contribution in [3.05, 3.63) is 54.2 Å². The summed E-state index contributed by atoms with van der Waals surface area (Å²) in [7, 11) is 0. The van der Waals surface area contributed by atoms with E-state index in [2.05, 4.69) is 4.98 Å². The van der Waals surface area contributed by atoms with Gasteiger partial charge in [-0.05, 0) is 12.1 Å². The lowest BCUT2D eigenvalue weighted by Crippen LogP contribution is -2.47. The van der Waals surface area contributed by atoms with Crippen molar-refractivity contribution in [2.75, 3.05) is 6.54 Å². The van der Waals surface area contributed by atoms with E-state index in [1.807, 2.05) is 12.1 Å².